The van der Waals surface area contributed by atoms with Gasteiger partial charge in [0.05, 0.1) is 5.69 Å². The van der Waals surface area contributed by atoms with Crippen molar-refractivity contribution in [3.63, 3.8) is 0 Å². The first-order valence-corrected chi connectivity index (χ1v) is 5.77. The van der Waals surface area contributed by atoms with Gasteiger partial charge in [0.1, 0.15) is 0 Å². The summed E-state index contributed by atoms with van der Waals surface area (Å²) in [4.78, 5) is 0. The summed E-state index contributed by atoms with van der Waals surface area (Å²) in [5.74, 6) is 0. The minimum absolute atomic E-state index is 1.000. The molecule has 1 aromatic heterocycles. The molecular formula is C12H21N3. The second-order valence-electron chi connectivity index (χ2n) is 3.52. The van der Waals surface area contributed by atoms with Crippen LogP contribution < -0.4 is 5.32 Å². The van der Waals surface area contributed by atoms with Gasteiger partial charge in [-0.2, -0.15) is 5.10 Å². The summed E-state index contributed by atoms with van der Waals surface area (Å²) < 4.78 is 2.05. The zero-order chi connectivity index (χ0) is 10.9. The fraction of sp³-hybridized carbons (Fsp3) is 0.583. The molecule has 0 unspecified atom stereocenters. The van der Waals surface area contributed by atoms with Crippen LogP contribution >= 0.6 is 0 Å². The van der Waals surface area contributed by atoms with Crippen molar-refractivity contribution in [1.82, 2.24) is 15.1 Å². The van der Waals surface area contributed by atoms with Gasteiger partial charge in [-0.05, 0) is 38.1 Å². The largest absolute Gasteiger partial charge is 0.317 e. The van der Waals surface area contributed by atoms with Crippen LogP contribution in [0.1, 0.15) is 32.4 Å². The Labute approximate surface area is 92.2 Å². The first-order chi connectivity index (χ1) is 7.38. The quantitative estimate of drug-likeness (QED) is 0.695. The summed E-state index contributed by atoms with van der Waals surface area (Å²) >= 11 is 0. The third kappa shape index (κ3) is 4.30. The van der Waals surface area contributed by atoms with E-state index in [0.29, 0.717) is 0 Å². The predicted octanol–water partition coefficient (Wildman–Crippen LogP) is 2.31. The van der Waals surface area contributed by atoms with Crippen molar-refractivity contribution in [3.8, 4) is 0 Å². The first kappa shape index (κ1) is 12.0. The van der Waals surface area contributed by atoms with Gasteiger partial charge in [0, 0.05) is 12.7 Å². The molecule has 0 aliphatic carbocycles. The van der Waals surface area contributed by atoms with Crippen molar-refractivity contribution in [1.29, 1.82) is 0 Å². The Balaban J connectivity index is 2.38. The molecule has 0 aromatic carbocycles. The Kier molecular flexibility index (Phi) is 5.78. The maximum atomic E-state index is 4.27. The molecule has 0 aliphatic rings. The molecule has 1 N–H and O–H groups in total. The number of hydrogen-bond donors (Lipinski definition) is 1. The molecule has 0 radical (unpaired) electrons. The van der Waals surface area contributed by atoms with Crippen LogP contribution in [0.4, 0.5) is 0 Å². The summed E-state index contributed by atoms with van der Waals surface area (Å²) in [7, 11) is 0. The first-order valence-electron chi connectivity index (χ1n) is 5.77. The van der Waals surface area contributed by atoms with Gasteiger partial charge in [-0.3, -0.25) is 4.68 Å². The van der Waals surface area contributed by atoms with Crippen LogP contribution in [-0.2, 0) is 6.54 Å². The fourth-order valence-corrected chi connectivity index (χ4v) is 1.45. The third-order valence-corrected chi connectivity index (χ3v) is 2.21. The molecule has 15 heavy (non-hydrogen) atoms. The summed E-state index contributed by atoms with van der Waals surface area (Å²) in [6, 6.07) is 2.05. The second kappa shape index (κ2) is 7.23. The highest BCUT2D eigenvalue weighted by Gasteiger charge is 1.95. The van der Waals surface area contributed by atoms with Crippen LogP contribution in [0.3, 0.4) is 0 Å². The Bertz CT molecular complexity index is 289. The monoisotopic (exact) mass is 207 g/mol. The predicted molar refractivity (Wildman–Crippen MR) is 64.7 cm³/mol. The van der Waals surface area contributed by atoms with Crippen molar-refractivity contribution < 1.29 is 0 Å². The molecular weight excluding hydrogens is 186 g/mol. The summed E-state index contributed by atoms with van der Waals surface area (Å²) in [5.41, 5.74) is 1.20. The van der Waals surface area contributed by atoms with Gasteiger partial charge in [0.25, 0.3) is 0 Å². The van der Waals surface area contributed by atoms with Crippen LogP contribution in [0.25, 0.3) is 6.08 Å². The van der Waals surface area contributed by atoms with E-state index in [1.165, 1.54) is 5.69 Å². The molecule has 0 amide bonds. The van der Waals surface area contributed by atoms with Gasteiger partial charge in [-0.1, -0.05) is 19.9 Å². The normalized spacial score (nSPS) is 11.3. The summed E-state index contributed by atoms with van der Waals surface area (Å²) in [6.07, 6.45) is 8.41. The van der Waals surface area contributed by atoms with E-state index in [-0.39, 0.29) is 0 Å². The minimum atomic E-state index is 1.000. The van der Waals surface area contributed by atoms with E-state index in [2.05, 4.69) is 42.5 Å². The molecule has 3 nitrogen and oxygen atoms in total. The van der Waals surface area contributed by atoms with Crippen LogP contribution in [-0.4, -0.2) is 22.9 Å². The van der Waals surface area contributed by atoms with Gasteiger partial charge in [-0.15, -0.1) is 0 Å². The lowest BCUT2D eigenvalue weighted by atomic mass is 10.3. The van der Waals surface area contributed by atoms with Crippen LogP contribution in [0.15, 0.2) is 18.3 Å². The standard InChI is InChI=1S/C12H21N3/c1-3-11-15-12(8-10-14-15)7-5-6-9-13-4-2/h5,7-8,10,13H,3-4,6,9,11H2,1-2H3. The van der Waals surface area contributed by atoms with Gasteiger partial charge < -0.3 is 5.32 Å². The molecule has 0 aliphatic heterocycles. The lowest BCUT2D eigenvalue weighted by Crippen LogP contribution is -2.12. The van der Waals surface area contributed by atoms with E-state index in [4.69, 9.17) is 0 Å². The molecule has 1 rings (SSSR count). The summed E-state index contributed by atoms with van der Waals surface area (Å²) in [6.45, 7) is 7.39. The maximum absolute atomic E-state index is 4.27. The SMILES string of the molecule is CCCn1nccc1C=CCCNCC. The second-order valence-corrected chi connectivity index (χ2v) is 3.52. The Hall–Kier alpha value is -1.09. The number of nitrogens with one attached hydrogen (secondary N) is 1. The van der Waals surface area contributed by atoms with Crippen molar-refractivity contribution in [2.75, 3.05) is 13.1 Å². The van der Waals surface area contributed by atoms with Crippen molar-refractivity contribution in [3.05, 3.63) is 24.0 Å². The molecule has 84 valence electrons. The molecule has 0 saturated carbocycles. The van der Waals surface area contributed by atoms with Crippen LogP contribution in [0.5, 0.6) is 0 Å². The van der Waals surface area contributed by atoms with E-state index in [1.807, 2.05) is 10.9 Å². The minimum Gasteiger partial charge on any atom is -0.317 e. The van der Waals surface area contributed by atoms with Crippen LogP contribution in [0.2, 0.25) is 0 Å². The molecule has 0 saturated heterocycles. The van der Waals surface area contributed by atoms with E-state index in [9.17, 15) is 0 Å². The van der Waals surface area contributed by atoms with Gasteiger partial charge in [0.15, 0.2) is 0 Å². The van der Waals surface area contributed by atoms with Gasteiger partial charge >= 0.3 is 0 Å². The smallest absolute Gasteiger partial charge is 0.0606 e. The number of aryl methyl sites for hydroxylation is 1. The fourth-order valence-electron chi connectivity index (χ4n) is 1.45. The molecule has 0 spiro atoms. The molecule has 0 atom stereocenters. The topological polar surface area (TPSA) is 29.9 Å². The van der Waals surface area contributed by atoms with E-state index >= 15 is 0 Å². The molecule has 1 aromatic rings. The molecule has 0 fully saturated rings. The highest BCUT2D eigenvalue weighted by molar-refractivity contribution is 5.44. The number of nitrogens with zero attached hydrogens (tertiary/aromatic N) is 2. The van der Waals surface area contributed by atoms with E-state index in [0.717, 1.165) is 32.5 Å². The number of rotatable bonds is 7. The van der Waals surface area contributed by atoms with Crippen LogP contribution in [0, 0.1) is 0 Å². The van der Waals surface area contributed by atoms with Crippen molar-refractivity contribution in [2.24, 2.45) is 0 Å². The average Bonchev–Trinajstić information content (AvgIpc) is 2.66. The van der Waals surface area contributed by atoms with Crippen molar-refractivity contribution in [2.45, 2.75) is 33.2 Å². The maximum Gasteiger partial charge on any atom is 0.0606 e. The zero-order valence-electron chi connectivity index (χ0n) is 9.74. The highest BCUT2D eigenvalue weighted by atomic mass is 15.3. The Morgan fingerprint density at radius 3 is 3.07 bits per heavy atom. The molecule has 1 heterocycles. The summed E-state index contributed by atoms with van der Waals surface area (Å²) in [5, 5.41) is 7.57. The Morgan fingerprint density at radius 1 is 1.47 bits per heavy atom. The molecule has 3 heteroatoms. The highest BCUT2D eigenvalue weighted by Crippen LogP contribution is 2.03. The van der Waals surface area contributed by atoms with Gasteiger partial charge in [-0.25, -0.2) is 0 Å². The number of hydrogen-bond acceptors (Lipinski definition) is 2. The van der Waals surface area contributed by atoms with E-state index in [1.54, 1.807) is 0 Å². The van der Waals surface area contributed by atoms with Crippen molar-refractivity contribution >= 4 is 6.08 Å². The lowest BCUT2D eigenvalue weighted by molar-refractivity contribution is 0.598. The molecule has 0 bridgehead atoms. The number of aromatic nitrogens is 2. The third-order valence-electron chi connectivity index (χ3n) is 2.21. The lowest BCUT2D eigenvalue weighted by Gasteiger charge is -2.01. The van der Waals surface area contributed by atoms with Gasteiger partial charge in [0.2, 0.25) is 0 Å². The van der Waals surface area contributed by atoms with E-state index < -0.39 is 0 Å². The average molecular weight is 207 g/mol. The Morgan fingerprint density at radius 2 is 2.33 bits per heavy atom. The zero-order valence-corrected chi connectivity index (χ0v) is 9.74.